The SMILES string of the molecule is CC1(C)O[C@H]2OC(CO)(CO)[C@H](N=[N+]=[N-])[C@@H]2O1. The van der Waals surface area contributed by atoms with Crippen molar-refractivity contribution >= 4 is 0 Å². The summed E-state index contributed by atoms with van der Waals surface area (Å²) in [5.74, 6) is -0.838. The van der Waals surface area contributed by atoms with Crippen molar-refractivity contribution in [1.29, 1.82) is 0 Å². The molecule has 0 spiro atoms. The highest BCUT2D eigenvalue weighted by Gasteiger charge is 2.61. The zero-order valence-corrected chi connectivity index (χ0v) is 9.61. The van der Waals surface area contributed by atoms with Crippen LogP contribution in [0.2, 0.25) is 0 Å². The maximum atomic E-state index is 9.32. The van der Waals surface area contributed by atoms with Crippen LogP contribution < -0.4 is 0 Å². The summed E-state index contributed by atoms with van der Waals surface area (Å²) in [6, 6.07) is -0.825. The molecule has 8 heteroatoms. The zero-order valence-electron chi connectivity index (χ0n) is 9.61. The Kier molecular flexibility index (Phi) is 3.03. The summed E-state index contributed by atoms with van der Waals surface area (Å²) in [5.41, 5.74) is 7.19. The molecule has 3 atom stereocenters. The second kappa shape index (κ2) is 4.09. The summed E-state index contributed by atoms with van der Waals surface area (Å²) in [5, 5.41) is 22.2. The molecule has 96 valence electrons. The maximum Gasteiger partial charge on any atom is 0.188 e. The third kappa shape index (κ3) is 1.89. The monoisotopic (exact) mass is 245 g/mol. The fourth-order valence-corrected chi connectivity index (χ4v) is 2.20. The molecule has 0 unspecified atom stereocenters. The predicted molar refractivity (Wildman–Crippen MR) is 54.7 cm³/mol. The van der Waals surface area contributed by atoms with Gasteiger partial charge in [-0.05, 0) is 19.4 Å². The van der Waals surface area contributed by atoms with Crippen LogP contribution >= 0.6 is 0 Å². The number of azide groups is 1. The quantitative estimate of drug-likeness (QED) is 0.409. The lowest BCUT2D eigenvalue weighted by Crippen LogP contribution is -2.49. The molecule has 2 aliphatic heterocycles. The number of fused-ring (bicyclic) bond motifs is 1. The van der Waals surface area contributed by atoms with Crippen LogP contribution in [0.1, 0.15) is 13.8 Å². The molecular formula is C9H15N3O5. The van der Waals surface area contributed by atoms with E-state index < -0.39 is 43.0 Å². The Labute approximate surface area is 97.7 Å². The number of hydrogen-bond donors (Lipinski definition) is 2. The van der Waals surface area contributed by atoms with Gasteiger partial charge in [0.15, 0.2) is 12.1 Å². The Morgan fingerprint density at radius 2 is 1.88 bits per heavy atom. The van der Waals surface area contributed by atoms with E-state index in [1.165, 1.54) is 0 Å². The fourth-order valence-electron chi connectivity index (χ4n) is 2.20. The van der Waals surface area contributed by atoms with Gasteiger partial charge in [0.05, 0.1) is 13.2 Å². The van der Waals surface area contributed by atoms with Crippen molar-refractivity contribution in [2.45, 2.75) is 43.7 Å². The van der Waals surface area contributed by atoms with Gasteiger partial charge in [0.2, 0.25) is 0 Å². The zero-order chi connectivity index (χ0) is 12.7. The molecule has 0 bridgehead atoms. The first-order chi connectivity index (χ1) is 7.98. The smallest absolute Gasteiger partial charge is 0.188 e. The van der Waals surface area contributed by atoms with Crippen LogP contribution in [0, 0.1) is 0 Å². The molecule has 2 saturated heterocycles. The first-order valence-corrected chi connectivity index (χ1v) is 5.27. The second-order valence-electron chi connectivity index (χ2n) is 4.62. The van der Waals surface area contributed by atoms with Gasteiger partial charge >= 0.3 is 0 Å². The summed E-state index contributed by atoms with van der Waals surface area (Å²) in [6.45, 7) is 2.46. The van der Waals surface area contributed by atoms with E-state index in [0.717, 1.165) is 0 Å². The summed E-state index contributed by atoms with van der Waals surface area (Å²) in [7, 11) is 0. The van der Waals surface area contributed by atoms with Gasteiger partial charge in [-0.15, -0.1) is 0 Å². The van der Waals surface area contributed by atoms with Crippen LogP contribution in [0.15, 0.2) is 5.11 Å². The second-order valence-corrected chi connectivity index (χ2v) is 4.62. The lowest BCUT2D eigenvalue weighted by molar-refractivity contribution is -0.239. The minimum atomic E-state index is -1.35. The number of rotatable bonds is 3. The molecule has 2 aliphatic rings. The van der Waals surface area contributed by atoms with Gasteiger partial charge in [-0.1, -0.05) is 5.11 Å². The van der Waals surface area contributed by atoms with Gasteiger partial charge in [-0.25, -0.2) is 0 Å². The molecule has 0 amide bonds. The van der Waals surface area contributed by atoms with E-state index in [1.54, 1.807) is 13.8 Å². The molecular weight excluding hydrogens is 230 g/mol. The van der Waals surface area contributed by atoms with Crippen molar-refractivity contribution < 1.29 is 24.4 Å². The van der Waals surface area contributed by atoms with Crippen LogP contribution in [0.4, 0.5) is 0 Å². The fraction of sp³-hybridized carbons (Fsp3) is 1.00. The number of ether oxygens (including phenoxy) is 3. The van der Waals surface area contributed by atoms with E-state index in [9.17, 15) is 10.2 Å². The molecule has 0 aromatic carbocycles. The molecule has 2 heterocycles. The van der Waals surface area contributed by atoms with Gasteiger partial charge in [-0.3, -0.25) is 0 Å². The highest BCUT2D eigenvalue weighted by molar-refractivity contribution is 5.07. The van der Waals surface area contributed by atoms with Crippen molar-refractivity contribution in [3.05, 3.63) is 10.4 Å². The van der Waals surface area contributed by atoms with E-state index in [1.807, 2.05) is 0 Å². The lowest BCUT2D eigenvalue weighted by Gasteiger charge is -2.31. The van der Waals surface area contributed by atoms with Crippen molar-refractivity contribution in [3.63, 3.8) is 0 Å². The van der Waals surface area contributed by atoms with E-state index in [-0.39, 0.29) is 0 Å². The molecule has 0 radical (unpaired) electrons. The maximum absolute atomic E-state index is 9.32. The van der Waals surface area contributed by atoms with Gasteiger partial charge in [-0.2, -0.15) is 0 Å². The average Bonchev–Trinajstić information content (AvgIpc) is 2.71. The van der Waals surface area contributed by atoms with Crippen LogP contribution in [-0.4, -0.2) is 53.3 Å². The normalized spacial score (nSPS) is 37.5. The van der Waals surface area contributed by atoms with Crippen molar-refractivity contribution in [2.75, 3.05) is 13.2 Å². The number of hydrogen-bond acceptors (Lipinski definition) is 6. The number of aliphatic hydroxyl groups excluding tert-OH is 2. The van der Waals surface area contributed by atoms with Crippen LogP contribution in [0.25, 0.3) is 10.4 Å². The summed E-state index contributed by atoms with van der Waals surface area (Å²) in [4.78, 5) is 2.70. The Morgan fingerprint density at radius 1 is 1.24 bits per heavy atom. The Hall–Kier alpha value is -0.890. The first-order valence-electron chi connectivity index (χ1n) is 5.27. The number of aliphatic hydroxyl groups is 2. The highest BCUT2D eigenvalue weighted by atomic mass is 16.8. The minimum absolute atomic E-state index is 0.479. The van der Waals surface area contributed by atoms with Crippen LogP contribution in [0.3, 0.4) is 0 Å². The van der Waals surface area contributed by atoms with Gasteiger partial charge in [0.1, 0.15) is 17.7 Å². The van der Waals surface area contributed by atoms with Crippen molar-refractivity contribution in [2.24, 2.45) is 5.11 Å². The Balaban J connectivity index is 2.30. The molecule has 0 saturated carbocycles. The highest BCUT2D eigenvalue weighted by Crippen LogP contribution is 2.43. The molecule has 0 aromatic rings. The third-order valence-corrected chi connectivity index (χ3v) is 3.00. The molecule has 2 rings (SSSR count). The van der Waals surface area contributed by atoms with Crippen molar-refractivity contribution in [3.8, 4) is 0 Å². The van der Waals surface area contributed by atoms with E-state index in [0.29, 0.717) is 0 Å². The summed E-state index contributed by atoms with van der Waals surface area (Å²) in [6.07, 6.45) is -1.38. The standard InChI is InChI=1S/C9H15N3O5/c1-8(2)15-5-6(11-12-10)9(3-13,4-14)17-7(5)16-8/h5-7,13-14H,3-4H2,1-2H3/t5-,6+,7-/m0/s1. The Morgan fingerprint density at radius 3 is 2.41 bits per heavy atom. The van der Waals surface area contributed by atoms with Crippen LogP contribution in [0.5, 0.6) is 0 Å². The van der Waals surface area contributed by atoms with Gasteiger partial charge in [0, 0.05) is 4.91 Å². The van der Waals surface area contributed by atoms with Crippen LogP contribution in [-0.2, 0) is 14.2 Å². The van der Waals surface area contributed by atoms with Gasteiger partial charge < -0.3 is 24.4 Å². The number of nitrogens with zero attached hydrogens (tertiary/aromatic N) is 3. The van der Waals surface area contributed by atoms with E-state index in [4.69, 9.17) is 19.7 Å². The summed E-state index contributed by atoms with van der Waals surface area (Å²) >= 11 is 0. The largest absolute Gasteiger partial charge is 0.393 e. The molecule has 0 aromatic heterocycles. The molecule has 17 heavy (non-hydrogen) atoms. The van der Waals surface area contributed by atoms with E-state index >= 15 is 0 Å². The molecule has 0 aliphatic carbocycles. The minimum Gasteiger partial charge on any atom is -0.393 e. The molecule has 2 fully saturated rings. The van der Waals surface area contributed by atoms with Gasteiger partial charge in [0.25, 0.3) is 0 Å². The third-order valence-electron chi connectivity index (χ3n) is 3.00. The van der Waals surface area contributed by atoms with Crippen molar-refractivity contribution in [1.82, 2.24) is 0 Å². The average molecular weight is 245 g/mol. The van der Waals surface area contributed by atoms with E-state index in [2.05, 4.69) is 10.0 Å². The summed E-state index contributed by atoms with van der Waals surface area (Å²) < 4.78 is 16.5. The molecule has 2 N–H and O–H groups in total. The topological polar surface area (TPSA) is 117 Å². The lowest BCUT2D eigenvalue weighted by atomic mass is 9.95. The molecule has 8 nitrogen and oxygen atoms in total. The predicted octanol–water partition coefficient (Wildman–Crippen LogP) is -0.104. The first kappa shape index (κ1) is 12.6. The Bertz CT molecular complexity index is 351.